The summed E-state index contributed by atoms with van der Waals surface area (Å²) in [7, 11) is 5.20. The zero-order valence-electron chi connectivity index (χ0n) is 13.7. The van der Waals surface area contributed by atoms with Gasteiger partial charge in [-0.15, -0.1) is 24.0 Å². The number of hydrogen-bond acceptors (Lipinski definition) is 3. The number of unbranched alkanes of at least 4 members (excludes halogenated alkanes) is 2. The van der Waals surface area contributed by atoms with Gasteiger partial charge >= 0.3 is 0 Å². The van der Waals surface area contributed by atoms with Crippen molar-refractivity contribution in [2.45, 2.75) is 25.8 Å². The van der Waals surface area contributed by atoms with Crippen LogP contribution >= 0.6 is 24.0 Å². The zero-order chi connectivity index (χ0) is 15.3. The number of para-hydroxylation sites is 1. The van der Waals surface area contributed by atoms with Crippen LogP contribution in [-0.2, 0) is 11.3 Å². The second-order valence-electron chi connectivity index (χ2n) is 4.72. The van der Waals surface area contributed by atoms with Crippen molar-refractivity contribution in [3.63, 3.8) is 0 Å². The van der Waals surface area contributed by atoms with E-state index < -0.39 is 0 Å². The van der Waals surface area contributed by atoms with E-state index in [4.69, 9.17) is 9.47 Å². The molecule has 0 aliphatic rings. The van der Waals surface area contributed by atoms with Crippen molar-refractivity contribution in [1.82, 2.24) is 10.6 Å². The molecule has 0 saturated heterocycles. The number of ether oxygens (including phenoxy) is 2. The predicted molar refractivity (Wildman–Crippen MR) is 102 cm³/mol. The summed E-state index contributed by atoms with van der Waals surface area (Å²) in [5.41, 5.74) is 1.11. The maximum Gasteiger partial charge on any atom is 0.191 e. The summed E-state index contributed by atoms with van der Waals surface area (Å²) in [6.07, 6.45) is 3.37. The van der Waals surface area contributed by atoms with Crippen LogP contribution < -0.4 is 15.4 Å². The Hall–Kier alpha value is -1.02. The highest BCUT2D eigenvalue weighted by Gasteiger charge is 2.02. The summed E-state index contributed by atoms with van der Waals surface area (Å²) < 4.78 is 10.4. The Morgan fingerprint density at radius 1 is 1.09 bits per heavy atom. The van der Waals surface area contributed by atoms with Gasteiger partial charge in [0, 0.05) is 39.4 Å². The summed E-state index contributed by atoms with van der Waals surface area (Å²) in [5, 5.41) is 6.61. The number of rotatable bonds is 9. The van der Waals surface area contributed by atoms with E-state index >= 15 is 0 Å². The quantitative estimate of drug-likeness (QED) is 0.279. The Morgan fingerprint density at radius 3 is 2.55 bits per heavy atom. The third-order valence-electron chi connectivity index (χ3n) is 3.18. The highest BCUT2D eigenvalue weighted by molar-refractivity contribution is 14.0. The van der Waals surface area contributed by atoms with Crippen molar-refractivity contribution in [1.29, 1.82) is 0 Å². The molecule has 2 N–H and O–H groups in total. The molecule has 0 aliphatic heterocycles. The molecule has 1 rings (SSSR count). The van der Waals surface area contributed by atoms with Crippen LogP contribution in [-0.4, -0.2) is 40.4 Å². The van der Waals surface area contributed by atoms with E-state index in [0.717, 1.165) is 49.7 Å². The first-order valence-electron chi connectivity index (χ1n) is 7.37. The number of nitrogens with zero attached hydrogens (tertiary/aromatic N) is 1. The Bertz CT molecular complexity index is 428. The van der Waals surface area contributed by atoms with Gasteiger partial charge in [0.2, 0.25) is 0 Å². The highest BCUT2D eigenvalue weighted by Crippen LogP contribution is 2.16. The van der Waals surface area contributed by atoms with E-state index in [0.29, 0.717) is 6.54 Å². The molecule has 0 aliphatic carbocycles. The van der Waals surface area contributed by atoms with Gasteiger partial charge in [0.25, 0.3) is 0 Å². The van der Waals surface area contributed by atoms with Crippen molar-refractivity contribution in [2.24, 2.45) is 4.99 Å². The van der Waals surface area contributed by atoms with E-state index in [1.54, 1.807) is 21.3 Å². The summed E-state index contributed by atoms with van der Waals surface area (Å²) in [4.78, 5) is 4.22. The molecule has 0 unspecified atom stereocenters. The summed E-state index contributed by atoms with van der Waals surface area (Å²) in [6.45, 7) is 2.43. The van der Waals surface area contributed by atoms with Gasteiger partial charge in [-0.05, 0) is 25.3 Å². The predicted octanol–water partition coefficient (Wildman–Crippen LogP) is 2.79. The van der Waals surface area contributed by atoms with Gasteiger partial charge in [-0.25, -0.2) is 0 Å². The molecular weight excluding hydrogens is 393 g/mol. The van der Waals surface area contributed by atoms with Crippen LogP contribution in [0.25, 0.3) is 0 Å². The van der Waals surface area contributed by atoms with Crippen molar-refractivity contribution in [3.8, 4) is 5.75 Å². The Labute approximate surface area is 150 Å². The van der Waals surface area contributed by atoms with Gasteiger partial charge in [-0.3, -0.25) is 4.99 Å². The Kier molecular flexibility index (Phi) is 13.0. The van der Waals surface area contributed by atoms with E-state index in [1.807, 2.05) is 24.3 Å². The molecule has 0 fully saturated rings. The lowest BCUT2D eigenvalue weighted by molar-refractivity contribution is 0.192. The lowest BCUT2D eigenvalue weighted by Gasteiger charge is -2.13. The van der Waals surface area contributed by atoms with Gasteiger partial charge < -0.3 is 20.1 Å². The molecule has 6 heteroatoms. The minimum atomic E-state index is 0. The molecular formula is C16H28IN3O2. The second kappa shape index (κ2) is 13.6. The lowest BCUT2D eigenvalue weighted by atomic mass is 10.2. The maximum atomic E-state index is 5.34. The first kappa shape index (κ1) is 21.0. The molecule has 126 valence electrons. The Balaban J connectivity index is 0.00000441. The average Bonchev–Trinajstić information content (AvgIpc) is 2.53. The first-order valence-corrected chi connectivity index (χ1v) is 7.37. The molecule has 1 aromatic carbocycles. The van der Waals surface area contributed by atoms with Crippen molar-refractivity contribution < 1.29 is 9.47 Å². The Morgan fingerprint density at radius 2 is 1.86 bits per heavy atom. The largest absolute Gasteiger partial charge is 0.496 e. The van der Waals surface area contributed by atoms with Crippen molar-refractivity contribution >= 4 is 29.9 Å². The minimum absolute atomic E-state index is 0. The number of hydrogen-bond donors (Lipinski definition) is 2. The third-order valence-corrected chi connectivity index (χ3v) is 3.18. The number of aliphatic imine (C=N–C) groups is 1. The fourth-order valence-corrected chi connectivity index (χ4v) is 2.00. The first-order chi connectivity index (χ1) is 10.3. The van der Waals surface area contributed by atoms with Crippen LogP contribution in [0.1, 0.15) is 24.8 Å². The monoisotopic (exact) mass is 421 g/mol. The van der Waals surface area contributed by atoms with E-state index in [9.17, 15) is 0 Å². The number of nitrogens with one attached hydrogen (secondary N) is 2. The molecule has 0 radical (unpaired) electrons. The molecule has 0 aromatic heterocycles. The van der Waals surface area contributed by atoms with Crippen LogP contribution in [0.15, 0.2) is 29.3 Å². The second-order valence-corrected chi connectivity index (χ2v) is 4.72. The summed E-state index contributed by atoms with van der Waals surface area (Å²) >= 11 is 0. The van der Waals surface area contributed by atoms with Crippen molar-refractivity contribution in [2.75, 3.05) is 34.4 Å². The number of guanidine groups is 1. The van der Waals surface area contributed by atoms with Gasteiger partial charge in [0.1, 0.15) is 5.75 Å². The fraction of sp³-hybridized carbons (Fsp3) is 0.562. The van der Waals surface area contributed by atoms with E-state index in [2.05, 4.69) is 15.6 Å². The van der Waals surface area contributed by atoms with Crippen LogP contribution in [0.4, 0.5) is 0 Å². The molecule has 22 heavy (non-hydrogen) atoms. The van der Waals surface area contributed by atoms with Crippen molar-refractivity contribution in [3.05, 3.63) is 29.8 Å². The van der Waals surface area contributed by atoms with Crippen LogP contribution in [0.5, 0.6) is 5.75 Å². The average molecular weight is 421 g/mol. The number of halogens is 1. The molecule has 0 amide bonds. The molecule has 0 spiro atoms. The highest BCUT2D eigenvalue weighted by atomic mass is 127. The molecule has 5 nitrogen and oxygen atoms in total. The van der Waals surface area contributed by atoms with Gasteiger partial charge in [-0.1, -0.05) is 18.2 Å². The summed E-state index contributed by atoms with van der Waals surface area (Å²) in [6, 6.07) is 7.98. The molecule has 1 aromatic rings. The fourth-order valence-electron chi connectivity index (χ4n) is 2.00. The van der Waals surface area contributed by atoms with E-state index in [1.165, 1.54) is 0 Å². The van der Waals surface area contributed by atoms with Gasteiger partial charge in [0.15, 0.2) is 5.96 Å². The summed E-state index contributed by atoms with van der Waals surface area (Å²) in [5.74, 6) is 1.70. The maximum absolute atomic E-state index is 5.34. The molecule has 0 atom stereocenters. The minimum Gasteiger partial charge on any atom is -0.496 e. The molecule has 0 heterocycles. The lowest BCUT2D eigenvalue weighted by Crippen LogP contribution is -2.37. The standard InChI is InChI=1S/C16H27N3O2.HI/c1-17-16(18-11-7-4-8-12-20-2)19-13-14-9-5-6-10-15(14)21-3;/h5-6,9-10H,4,7-8,11-13H2,1-3H3,(H2,17,18,19);1H. The molecule has 0 saturated carbocycles. The zero-order valence-corrected chi connectivity index (χ0v) is 16.1. The van der Waals surface area contributed by atoms with Crippen LogP contribution in [0, 0.1) is 0 Å². The third kappa shape index (κ3) is 8.43. The SMILES string of the molecule is CN=C(NCCCCCOC)NCc1ccccc1OC.I. The van der Waals surface area contributed by atoms with Gasteiger partial charge in [0.05, 0.1) is 7.11 Å². The normalized spacial score (nSPS) is 10.8. The number of benzene rings is 1. The topological polar surface area (TPSA) is 54.9 Å². The smallest absolute Gasteiger partial charge is 0.191 e. The number of methoxy groups -OCH3 is 2. The van der Waals surface area contributed by atoms with Crippen LogP contribution in [0.2, 0.25) is 0 Å². The molecule has 0 bridgehead atoms. The van der Waals surface area contributed by atoms with E-state index in [-0.39, 0.29) is 24.0 Å². The van der Waals surface area contributed by atoms with Crippen LogP contribution in [0.3, 0.4) is 0 Å². The van der Waals surface area contributed by atoms with Gasteiger partial charge in [-0.2, -0.15) is 0 Å².